The van der Waals surface area contributed by atoms with Crippen molar-refractivity contribution in [2.45, 2.75) is 63.2 Å². The molecule has 5 rings (SSSR count). The molecule has 0 aliphatic carbocycles. The van der Waals surface area contributed by atoms with Gasteiger partial charge in [0.15, 0.2) is 23.8 Å². The number of aromatic nitrogens is 4. The molecule has 18 heteroatoms. The minimum atomic E-state index is -4.97. The average Bonchev–Trinajstić information content (AvgIpc) is 3.49. The van der Waals surface area contributed by atoms with Crippen LogP contribution in [0.2, 0.25) is 0 Å². The van der Waals surface area contributed by atoms with Gasteiger partial charge in [-0.05, 0) is 32.2 Å². The smallest absolute Gasteiger partial charge is 0.459 e. The molecule has 0 spiro atoms. The Hall–Kier alpha value is -3.89. The van der Waals surface area contributed by atoms with Crippen LogP contribution in [-0.4, -0.2) is 73.4 Å². The third kappa shape index (κ3) is 5.93. The Bertz CT molecular complexity index is 1760. The van der Waals surface area contributed by atoms with E-state index in [0.717, 1.165) is 17.2 Å². The predicted molar refractivity (Wildman–Crippen MR) is 152 cm³/mol. The third-order valence-corrected chi connectivity index (χ3v) is 8.63. The Morgan fingerprint density at radius 1 is 1.16 bits per heavy atom. The standard InChI is InChI=1S/C27H29F4N6O7P/c1-14(2)42-24(39)15(3)36-45(40,44-18-10-6-8-16-7-4-5-9-17(16)18)41-11-26(25(28)29)27(30,31)20(38)23(43-26)37-13-35-19-21(32)33-12-34-22(19)37/h4-10,12-15,20,23,25,38H,11H2,1-3H3,(H,36,40)(H2,32,33,34)/t15-,20-,23+,26-,45?/m0/s1. The number of nitrogens with one attached hydrogen (secondary N) is 1. The summed E-state index contributed by atoms with van der Waals surface area (Å²) in [6, 6.07) is 9.91. The van der Waals surface area contributed by atoms with Crippen LogP contribution in [0.5, 0.6) is 5.75 Å². The van der Waals surface area contributed by atoms with Crippen LogP contribution >= 0.6 is 7.75 Å². The van der Waals surface area contributed by atoms with Gasteiger partial charge in [-0.15, -0.1) is 0 Å². The molecule has 1 aliphatic rings. The van der Waals surface area contributed by atoms with Gasteiger partial charge in [-0.25, -0.2) is 28.3 Å². The van der Waals surface area contributed by atoms with E-state index in [1.165, 1.54) is 13.0 Å². The number of fused-ring (bicyclic) bond motifs is 2. The molecular formula is C27H29F4N6O7P. The lowest BCUT2D eigenvalue weighted by atomic mass is 9.95. The highest BCUT2D eigenvalue weighted by molar-refractivity contribution is 7.52. The van der Waals surface area contributed by atoms with Gasteiger partial charge < -0.3 is 24.8 Å². The maximum Gasteiger partial charge on any atom is 0.459 e. The summed E-state index contributed by atoms with van der Waals surface area (Å²) in [5.41, 5.74) is 1.63. The number of esters is 1. The molecule has 242 valence electrons. The predicted octanol–water partition coefficient (Wildman–Crippen LogP) is 4.22. The zero-order valence-corrected chi connectivity index (χ0v) is 24.9. The Balaban J connectivity index is 1.50. The molecule has 1 unspecified atom stereocenters. The Kier molecular flexibility index (Phi) is 8.76. The number of halogens is 4. The number of hydrogen-bond acceptors (Lipinski definition) is 11. The topological polar surface area (TPSA) is 173 Å². The van der Waals surface area contributed by atoms with Crippen LogP contribution in [-0.2, 0) is 23.4 Å². The monoisotopic (exact) mass is 656 g/mol. The van der Waals surface area contributed by atoms with Gasteiger partial charge in [0.1, 0.15) is 23.6 Å². The van der Waals surface area contributed by atoms with Crippen LogP contribution in [0.15, 0.2) is 55.1 Å². The van der Waals surface area contributed by atoms with E-state index in [4.69, 9.17) is 24.3 Å². The second kappa shape index (κ2) is 12.1. The van der Waals surface area contributed by atoms with Gasteiger partial charge in [0.05, 0.1) is 19.0 Å². The van der Waals surface area contributed by atoms with Gasteiger partial charge in [-0.2, -0.15) is 13.9 Å². The van der Waals surface area contributed by atoms with Crippen LogP contribution < -0.4 is 15.3 Å². The van der Waals surface area contributed by atoms with Gasteiger partial charge in [-0.3, -0.25) is 13.9 Å². The highest BCUT2D eigenvalue weighted by Crippen LogP contribution is 2.55. The number of nitrogens with zero attached hydrogens (tertiary/aromatic N) is 4. The minimum absolute atomic E-state index is 0.0538. The van der Waals surface area contributed by atoms with Crippen LogP contribution in [0.1, 0.15) is 27.0 Å². The zero-order valence-electron chi connectivity index (χ0n) is 24.0. The van der Waals surface area contributed by atoms with Gasteiger partial charge in [0.2, 0.25) is 5.60 Å². The van der Waals surface area contributed by atoms with Crippen LogP contribution in [0.25, 0.3) is 21.9 Å². The summed E-state index contributed by atoms with van der Waals surface area (Å²) < 4.78 is 97.0. The number of rotatable bonds is 11. The van der Waals surface area contributed by atoms with Crippen molar-refractivity contribution < 1.29 is 50.5 Å². The van der Waals surface area contributed by atoms with Crippen LogP contribution in [0, 0.1) is 0 Å². The second-order valence-electron chi connectivity index (χ2n) is 10.5. The van der Waals surface area contributed by atoms with Crippen molar-refractivity contribution in [3.8, 4) is 5.75 Å². The molecule has 5 atom stereocenters. The SMILES string of the molecule is CC(C)OC(=O)[C@H](C)NP(=O)(OC[C@@]1(C(F)F)O[C@@H](n2cnc3c(N)ncnc32)[C@H](O)C1(F)F)Oc1cccc2ccccc12. The fourth-order valence-electron chi connectivity index (χ4n) is 4.74. The summed E-state index contributed by atoms with van der Waals surface area (Å²) in [6.45, 7) is 2.58. The molecule has 0 bridgehead atoms. The fourth-order valence-corrected chi connectivity index (χ4v) is 6.28. The summed E-state index contributed by atoms with van der Waals surface area (Å²) >= 11 is 0. The first-order valence-electron chi connectivity index (χ1n) is 13.5. The second-order valence-corrected chi connectivity index (χ2v) is 12.2. The van der Waals surface area contributed by atoms with Crippen molar-refractivity contribution in [2.24, 2.45) is 0 Å². The molecule has 1 fully saturated rings. The maximum atomic E-state index is 15.7. The first-order valence-corrected chi connectivity index (χ1v) is 15.1. The number of ether oxygens (including phenoxy) is 2. The number of nitrogens with two attached hydrogens (primary N) is 1. The van der Waals surface area contributed by atoms with E-state index >= 15 is 8.78 Å². The Morgan fingerprint density at radius 3 is 2.58 bits per heavy atom. The largest absolute Gasteiger partial charge is 0.462 e. The summed E-state index contributed by atoms with van der Waals surface area (Å²) in [5, 5.41) is 14.0. The van der Waals surface area contributed by atoms with E-state index in [9.17, 15) is 23.2 Å². The molecule has 0 radical (unpaired) electrons. The van der Waals surface area contributed by atoms with E-state index in [1.54, 1.807) is 50.2 Å². The molecule has 3 heterocycles. The Labute approximate surface area is 253 Å². The molecule has 0 amide bonds. The van der Waals surface area contributed by atoms with Crippen molar-refractivity contribution in [2.75, 3.05) is 12.3 Å². The van der Waals surface area contributed by atoms with Gasteiger partial charge in [0.25, 0.3) is 6.43 Å². The summed E-state index contributed by atoms with van der Waals surface area (Å²) in [7, 11) is -4.97. The molecular weight excluding hydrogens is 627 g/mol. The average molecular weight is 657 g/mol. The van der Waals surface area contributed by atoms with Crippen LogP contribution in [0.4, 0.5) is 23.4 Å². The number of aliphatic hydroxyl groups excluding tert-OH is 1. The molecule has 4 aromatic rings. The lowest BCUT2D eigenvalue weighted by Gasteiger charge is -2.34. The zero-order chi connectivity index (χ0) is 32.7. The number of carbonyl (C=O) groups is 1. The summed E-state index contributed by atoms with van der Waals surface area (Å²) in [4.78, 5) is 24.1. The number of benzene rings is 2. The van der Waals surface area contributed by atoms with Gasteiger partial charge >= 0.3 is 19.6 Å². The number of hydrogen-bond donors (Lipinski definition) is 3. The summed E-state index contributed by atoms with van der Waals surface area (Å²) in [6.07, 6.45) is -7.72. The minimum Gasteiger partial charge on any atom is -0.462 e. The molecule has 2 aromatic heterocycles. The van der Waals surface area contributed by atoms with E-state index < -0.39 is 62.7 Å². The molecule has 4 N–H and O–H groups in total. The molecule has 45 heavy (non-hydrogen) atoms. The quantitative estimate of drug-likeness (QED) is 0.119. The van der Waals surface area contributed by atoms with E-state index in [2.05, 4.69) is 20.0 Å². The number of aliphatic hydroxyl groups is 1. The van der Waals surface area contributed by atoms with E-state index in [0.29, 0.717) is 10.8 Å². The van der Waals surface area contributed by atoms with Crippen molar-refractivity contribution in [1.29, 1.82) is 0 Å². The normalized spacial score (nSPS) is 23.4. The first-order chi connectivity index (χ1) is 21.2. The number of imidazole rings is 1. The highest BCUT2D eigenvalue weighted by Gasteiger charge is 2.74. The third-order valence-electron chi connectivity index (χ3n) is 7.02. The van der Waals surface area contributed by atoms with E-state index in [-0.39, 0.29) is 22.7 Å². The van der Waals surface area contributed by atoms with Crippen molar-refractivity contribution in [3.63, 3.8) is 0 Å². The molecule has 1 aliphatic heterocycles. The highest BCUT2D eigenvalue weighted by atomic mass is 31.2. The molecule has 2 aromatic carbocycles. The van der Waals surface area contributed by atoms with E-state index in [1.807, 2.05) is 0 Å². The molecule has 13 nitrogen and oxygen atoms in total. The maximum absolute atomic E-state index is 15.7. The van der Waals surface area contributed by atoms with Crippen LogP contribution in [0.3, 0.4) is 0 Å². The fraction of sp³-hybridized carbons (Fsp3) is 0.407. The molecule has 0 saturated carbocycles. The lowest BCUT2D eigenvalue weighted by Crippen LogP contribution is -2.57. The number of nitrogen functional groups attached to an aromatic ring is 1. The Morgan fingerprint density at radius 2 is 1.87 bits per heavy atom. The summed E-state index contributed by atoms with van der Waals surface area (Å²) in [5.74, 6) is -5.82. The number of alkyl halides is 4. The number of carbonyl (C=O) groups excluding carboxylic acids is 1. The van der Waals surface area contributed by atoms with Gasteiger partial charge in [0, 0.05) is 5.39 Å². The van der Waals surface area contributed by atoms with Gasteiger partial charge in [-0.1, -0.05) is 36.4 Å². The first kappa shape index (κ1) is 32.5. The van der Waals surface area contributed by atoms with Crippen molar-refractivity contribution in [1.82, 2.24) is 24.6 Å². The number of anilines is 1. The van der Waals surface area contributed by atoms with Crippen molar-refractivity contribution >= 4 is 41.5 Å². The molecule has 1 saturated heterocycles. The van der Waals surface area contributed by atoms with Crippen molar-refractivity contribution in [3.05, 3.63) is 55.1 Å². The lowest BCUT2D eigenvalue weighted by molar-refractivity contribution is -0.241.